The predicted molar refractivity (Wildman–Crippen MR) is 196 cm³/mol. The highest BCUT2D eigenvalue weighted by molar-refractivity contribution is 6.17. The third-order valence-electron chi connectivity index (χ3n) is 9.75. The molecule has 51 heavy (non-hydrogen) atoms. The monoisotopic (exact) mass is 737 g/mol. The minimum atomic E-state index is -1.52. The lowest BCUT2D eigenvalue weighted by atomic mass is 9.94. The Morgan fingerprint density at radius 1 is 1.02 bits per heavy atom. The first kappa shape index (κ1) is 43.7. The van der Waals surface area contributed by atoms with Crippen LogP contribution in [0.25, 0.3) is 0 Å². The third kappa shape index (κ3) is 13.6. The Hall–Kier alpha value is -3.42. The van der Waals surface area contributed by atoms with Crippen molar-refractivity contribution < 1.29 is 39.3 Å². The summed E-state index contributed by atoms with van der Waals surface area (Å²) in [5, 5.41) is 35.5. The number of unbranched alkanes of at least 4 members (excludes halogenated alkanes) is 4. The Morgan fingerprint density at radius 2 is 1.65 bits per heavy atom. The standard InChI is InChI=1S/C37H60ClN5O8/c1-6-24(4)31(41-34(47)32(45)27(39)13-10-8-7-9-11-19-38)36(49)42(5)30(21-23(2)3)35(48)43-20-12-14-29(43)33(46)40-28(37(50)51)22-25-15-17-26(44)18-16-25/h15-18,23-24,27-32,44-45H,6-14,19-22,39H2,1-5H3,(H,40,46)(H,41,47)(H,50,51)/t24-,27-,28-,29+,30+,31-,32-/m0/s1. The number of aromatic hydroxyl groups is 1. The molecule has 4 amide bonds. The molecule has 0 spiro atoms. The summed E-state index contributed by atoms with van der Waals surface area (Å²) in [6.07, 6.45) is 5.14. The number of likely N-dealkylation sites (N-methyl/N-ethyl adjacent to an activating group) is 1. The van der Waals surface area contributed by atoms with E-state index < -0.39 is 65.9 Å². The lowest BCUT2D eigenvalue weighted by Crippen LogP contribution is -2.60. The number of alkyl halides is 1. The van der Waals surface area contributed by atoms with Crippen LogP contribution in [0.5, 0.6) is 5.75 Å². The van der Waals surface area contributed by atoms with Gasteiger partial charge in [0.1, 0.15) is 36.0 Å². The highest BCUT2D eigenvalue weighted by Crippen LogP contribution is 2.24. The van der Waals surface area contributed by atoms with Crippen LogP contribution >= 0.6 is 11.6 Å². The molecule has 1 aromatic carbocycles. The van der Waals surface area contributed by atoms with Crippen molar-refractivity contribution in [3.8, 4) is 5.75 Å². The maximum atomic E-state index is 14.2. The van der Waals surface area contributed by atoms with Crippen LogP contribution in [0.15, 0.2) is 24.3 Å². The van der Waals surface area contributed by atoms with Gasteiger partial charge < -0.3 is 41.5 Å². The Morgan fingerprint density at radius 3 is 2.24 bits per heavy atom. The molecule has 14 heteroatoms. The van der Waals surface area contributed by atoms with Gasteiger partial charge in [0.25, 0.3) is 5.91 Å². The zero-order chi connectivity index (χ0) is 38.2. The van der Waals surface area contributed by atoms with Gasteiger partial charge >= 0.3 is 5.97 Å². The van der Waals surface area contributed by atoms with E-state index in [9.17, 15) is 39.3 Å². The number of phenolic OH excluding ortho intramolecular Hbond substituents is 1. The summed E-state index contributed by atoms with van der Waals surface area (Å²) in [5.41, 5.74) is 6.77. The third-order valence-corrected chi connectivity index (χ3v) is 10.0. The summed E-state index contributed by atoms with van der Waals surface area (Å²) in [4.78, 5) is 69.8. The van der Waals surface area contributed by atoms with Gasteiger partial charge in [-0.1, -0.05) is 71.9 Å². The van der Waals surface area contributed by atoms with Gasteiger partial charge in [0.15, 0.2) is 0 Å². The molecule has 0 aliphatic carbocycles. The predicted octanol–water partition coefficient (Wildman–Crippen LogP) is 3.17. The number of nitrogens with zero attached hydrogens (tertiary/aromatic N) is 2. The number of aliphatic hydroxyl groups excluding tert-OH is 1. The van der Waals surface area contributed by atoms with Gasteiger partial charge in [-0.3, -0.25) is 19.2 Å². The van der Waals surface area contributed by atoms with Crippen molar-refractivity contribution in [1.82, 2.24) is 20.4 Å². The van der Waals surface area contributed by atoms with Crippen LogP contribution in [0.2, 0.25) is 0 Å². The quantitative estimate of drug-likeness (QED) is 0.0764. The number of nitrogens with two attached hydrogens (primary N) is 1. The van der Waals surface area contributed by atoms with Crippen LogP contribution in [0.4, 0.5) is 0 Å². The molecule has 0 saturated carbocycles. The van der Waals surface area contributed by atoms with Gasteiger partial charge in [-0.15, -0.1) is 11.6 Å². The number of carboxylic acid groups (broad SMARTS) is 1. The van der Waals surface area contributed by atoms with Gasteiger partial charge in [0, 0.05) is 31.9 Å². The maximum Gasteiger partial charge on any atom is 0.326 e. The van der Waals surface area contributed by atoms with E-state index in [1.165, 1.54) is 29.0 Å². The van der Waals surface area contributed by atoms with Gasteiger partial charge in [0.2, 0.25) is 17.7 Å². The number of carbonyl (C=O) groups excluding carboxylic acids is 4. The van der Waals surface area contributed by atoms with Crippen LogP contribution in [-0.4, -0.2) is 111 Å². The molecule has 1 heterocycles. The number of nitrogens with one attached hydrogen (secondary N) is 2. The number of amides is 4. The molecule has 0 bridgehead atoms. The molecular formula is C37H60ClN5O8. The molecule has 7 atom stereocenters. The Balaban J connectivity index is 2.19. The van der Waals surface area contributed by atoms with E-state index in [0.717, 1.165) is 32.1 Å². The van der Waals surface area contributed by atoms with E-state index in [1.807, 2.05) is 20.8 Å². The number of aliphatic hydroxyl groups is 1. The molecule has 7 N–H and O–H groups in total. The highest BCUT2D eigenvalue weighted by Gasteiger charge is 2.42. The minimum Gasteiger partial charge on any atom is -0.508 e. The van der Waals surface area contributed by atoms with Crippen molar-refractivity contribution >= 4 is 41.2 Å². The number of carbonyl (C=O) groups is 5. The molecule has 1 saturated heterocycles. The number of hydrogen-bond donors (Lipinski definition) is 6. The Kier molecular flexibility index (Phi) is 18.7. The SMILES string of the molecule is CC[C@H](C)[C@H](NC(=O)[C@@H](O)[C@@H](N)CCCCCCCCl)C(=O)N(C)[C@H](CC(C)C)C(=O)N1CCC[C@@H]1C(=O)N[C@@H](Cc1ccc(O)cc1)C(=O)O. The summed E-state index contributed by atoms with van der Waals surface area (Å²) in [7, 11) is 1.50. The second-order valence-corrected chi connectivity index (χ2v) is 14.7. The minimum absolute atomic E-state index is 0.0165. The van der Waals surface area contributed by atoms with E-state index in [1.54, 1.807) is 19.1 Å². The zero-order valence-corrected chi connectivity index (χ0v) is 31.6. The van der Waals surface area contributed by atoms with Crippen molar-refractivity contribution in [3.05, 3.63) is 29.8 Å². The van der Waals surface area contributed by atoms with Gasteiger partial charge in [-0.2, -0.15) is 0 Å². The average Bonchev–Trinajstić information content (AvgIpc) is 3.60. The number of halogens is 1. The molecule has 13 nitrogen and oxygen atoms in total. The van der Waals surface area contributed by atoms with Crippen molar-refractivity contribution in [3.63, 3.8) is 0 Å². The highest BCUT2D eigenvalue weighted by atomic mass is 35.5. The summed E-state index contributed by atoms with van der Waals surface area (Å²) in [6, 6.07) is 1.00. The molecule has 1 aromatic rings. The summed E-state index contributed by atoms with van der Waals surface area (Å²) in [5.74, 6) is -3.24. The zero-order valence-electron chi connectivity index (χ0n) is 30.9. The second-order valence-electron chi connectivity index (χ2n) is 14.3. The first-order valence-electron chi connectivity index (χ1n) is 18.3. The van der Waals surface area contributed by atoms with Crippen molar-refractivity contribution in [2.75, 3.05) is 19.5 Å². The maximum absolute atomic E-state index is 14.2. The summed E-state index contributed by atoms with van der Waals surface area (Å²) >= 11 is 5.73. The Labute approximate surface area is 307 Å². The number of likely N-dealkylation sites (tertiary alicyclic amines) is 1. The molecule has 2 rings (SSSR count). The molecular weight excluding hydrogens is 678 g/mol. The van der Waals surface area contributed by atoms with E-state index in [-0.39, 0.29) is 37.0 Å². The summed E-state index contributed by atoms with van der Waals surface area (Å²) < 4.78 is 0. The van der Waals surface area contributed by atoms with Gasteiger partial charge in [0.05, 0.1) is 0 Å². The van der Waals surface area contributed by atoms with Crippen LogP contribution < -0.4 is 16.4 Å². The average molecular weight is 738 g/mol. The van der Waals surface area contributed by atoms with E-state index in [0.29, 0.717) is 37.1 Å². The number of phenols is 1. The first-order valence-corrected chi connectivity index (χ1v) is 18.8. The van der Waals surface area contributed by atoms with Crippen LogP contribution in [-0.2, 0) is 30.4 Å². The molecule has 288 valence electrons. The largest absolute Gasteiger partial charge is 0.508 e. The Bertz CT molecular complexity index is 1280. The van der Waals surface area contributed by atoms with Crippen LogP contribution in [0.3, 0.4) is 0 Å². The van der Waals surface area contributed by atoms with E-state index >= 15 is 0 Å². The molecule has 1 aliphatic rings. The normalized spacial score (nSPS) is 18.0. The lowest BCUT2D eigenvalue weighted by Gasteiger charge is -2.37. The van der Waals surface area contributed by atoms with Crippen molar-refractivity contribution in [2.45, 2.75) is 135 Å². The molecule has 1 fully saturated rings. The fraction of sp³-hybridized carbons (Fsp3) is 0.703. The van der Waals surface area contributed by atoms with Crippen LogP contribution in [0, 0.1) is 11.8 Å². The fourth-order valence-electron chi connectivity index (χ4n) is 6.35. The van der Waals surface area contributed by atoms with Crippen molar-refractivity contribution in [2.24, 2.45) is 17.6 Å². The number of benzene rings is 1. The topological polar surface area (TPSA) is 203 Å². The second kappa shape index (κ2) is 21.8. The van der Waals surface area contributed by atoms with E-state index in [4.69, 9.17) is 17.3 Å². The van der Waals surface area contributed by atoms with E-state index in [2.05, 4.69) is 10.6 Å². The summed E-state index contributed by atoms with van der Waals surface area (Å²) in [6.45, 7) is 7.76. The number of hydrogen-bond acceptors (Lipinski definition) is 8. The molecule has 0 unspecified atom stereocenters. The fourth-order valence-corrected chi connectivity index (χ4v) is 6.54. The first-order chi connectivity index (χ1) is 24.1. The number of aliphatic carboxylic acids is 1. The molecule has 0 radical (unpaired) electrons. The van der Waals surface area contributed by atoms with Gasteiger partial charge in [-0.05, 0) is 61.6 Å². The van der Waals surface area contributed by atoms with Crippen molar-refractivity contribution in [1.29, 1.82) is 0 Å². The number of carboxylic acids is 1. The molecule has 0 aromatic heterocycles. The van der Waals surface area contributed by atoms with Crippen LogP contribution in [0.1, 0.15) is 97.5 Å². The smallest absolute Gasteiger partial charge is 0.326 e. The molecule has 1 aliphatic heterocycles. The lowest BCUT2D eigenvalue weighted by molar-refractivity contribution is -0.150. The van der Waals surface area contributed by atoms with Gasteiger partial charge in [-0.25, -0.2) is 4.79 Å². The number of rotatable bonds is 22.